The predicted molar refractivity (Wildman–Crippen MR) is 57.6 cm³/mol. The molecule has 15 heavy (non-hydrogen) atoms. The Balaban J connectivity index is 2.65. The summed E-state index contributed by atoms with van der Waals surface area (Å²) in [6, 6.07) is 0. The van der Waals surface area contributed by atoms with Gasteiger partial charge in [0, 0.05) is 13.2 Å². The molecule has 1 aliphatic heterocycles. The van der Waals surface area contributed by atoms with Crippen LogP contribution in [0.25, 0.3) is 0 Å². The molecule has 4 nitrogen and oxygen atoms in total. The summed E-state index contributed by atoms with van der Waals surface area (Å²) < 4.78 is 5.23. The lowest BCUT2D eigenvalue weighted by Crippen LogP contribution is -2.55. The molecule has 0 radical (unpaired) electrons. The first kappa shape index (κ1) is 12.5. The molecular weight excluding hydrogens is 194 g/mol. The van der Waals surface area contributed by atoms with Crippen molar-refractivity contribution in [2.45, 2.75) is 44.6 Å². The Kier molecular flexibility index (Phi) is 4.54. The molecule has 0 aromatic rings. The highest BCUT2D eigenvalue weighted by Gasteiger charge is 2.41. The van der Waals surface area contributed by atoms with Crippen LogP contribution in [0.15, 0.2) is 0 Å². The van der Waals surface area contributed by atoms with Crippen molar-refractivity contribution < 1.29 is 14.6 Å². The third kappa shape index (κ3) is 2.92. The van der Waals surface area contributed by atoms with Gasteiger partial charge < -0.3 is 15.6 Å². The van der Waals surface area contributed by atoms with Gasteiger partial charge in [0.2, 0.25) is 0 Å². The van der Waals surface area contributed by atoms with Crippen molar-refractivity contribution in [3.8, 4) is 0 Å². The molecule has 0 aromatic heterocycles. The fraction of sp³-hybridized carbons (Fsp3) is 0.909. The van der Waals surface area contributed by atoms with Crippen molar-refractivity contribution in [2.24, 2.45) is 11.7 Å². The van der Waals surface area contributed by atoms with Crippen molar-refractivity contribution in [3.63, 3.8) is 0 Å². The Bertz CT molecular complexity index is 214. The summed E-state index contributed by atoms with van der Waals surface area (Å²) in [6.45, 7) is 3.33. The van der Waals surface area contributed by atoms with Crippen LogP contribution in [0.5, 0.6) is 0 Å². The maximum Gasteiger partial charge on any atom is 0.323 e. The van der Waals surface area contributed by atoms with E-state index in [4.69, 9.17) is 10.5 Å². The fourth-order valence-electron chi connectivity index (χ4n) is 2.17. The van der Waals surface area contributed by atoms with E-state index in [9.17, 15) is 9.90 Å². The maximum absolute atomic E-state index is 11.3. The van der Waals surface area contributed by atoms with Crippen molar-refractivity contribution in [2.75, 3.05) is 13.2 Å². The van der Waals surface area contributed by atoms with Gasteiger partial charge in [0.1, 0.15) is 5.54 Å². The van der Waals surface area contributed by atoms with Crippen LogP contribution in [0.4, 0.5) is 0 Å². The standard InChI is InChI=1S/C11H21NO3/c1-2-3-6-11(12,10(13)14)9-4-7-15-8-5-9/h9H,2-8,12H2,1H3,(H,13,14)/t11-/m1/s1. The Labute approximate surface area is 90.8 Å². The van der Waals surface area contributed by atoms with E-state index >= 15 is 0 Å². The minimum Gasteiger partial charge on any atom is -0.480 e. The monoisotopic (exact) mass is 215 g/mol. The largest absolute Gasteiger partial charge is 0.480 e. The molecule has 1 atom stereocenters. The average Bonchev–Trinajstić information content (AvgIpc) is 2.27. The van der Waals surface area contributed by atoms with Crippen LogP contribution in [0.1, 0.15) is 39.0 Å². The van der Waals surface area contributed by atoms with Crippen LogP contribution in [0.3, 0.4) is 0 Å². The highest BCUT2D eigenvalue weighted by atomic mass is 16.5. The third-order valence-electron chi connectivity index (χ3n) is 3.29. The SMILES string of the molecule is CCCC[C@](N)(C(=O)O)C1CCOCC1. The van der Waals surface area contributed by atoms with Gasteiger partial charge in [-0.1, -0.05) is 19.8 Å². The number of ether oxygens (including phenoxy) is 1. The molecule has 1 heterocycles. The number of carboxylic acids is 1. The van der Waals surface area contributed by atoms with Gasteiger partial charge in [-0.05, 0) is 25.2 Å². The number of hydrogen-bond donors (Lipinski definition) is 2. The molecule has 0 spiro atoms. The number of rotatable bonds is 5. The zero-order valence-corrected chi connectivity index (χ0v) is 9.37. The number of unbranched alkanes of at least 4 members (excludes halogenated alkanes) is 1. The molecule has 0 amide bonds. The number of nitrogens with two attached hydrogens (primary N) is 1. The maximum atomic E-state index is 11.3. The summed E-state index contributed by atoms with van der Waals surface area (Å²) in [5, 5.41) is 9.25. The van der Waals surface area contributed by atoms with Gasteiger partial charge >= 0.3 is 5.97 Å². The molecule has 88 valence electrons. The van der Waals surface area contributed by atoms with Crippen LogP contribution in [-0.2, 0) is 9.53 Å². The van der Waals surface area contributed by atoms with Crippen molar-refractivity contribution in [3.05, 3.63) is 0 Å². The summed E-state index contributed by atoms with van der Waals surface area (Å²) in [7, 11) is 0. The van der Waals surface area contributed by atoms with Crippen LogP contribution in [-0.4, -0.2) is 29.8 Å². The van der Waals surface area contributed by atoms with Crippen molar-refractivity contribution in [1.82, 2.24) is 0 Å². The first-order valence-corrected chi connectivity index (χ1v) is 5.71. The highest BCUT2D eigenvalue weighted by molar-refractivity contribution is 5.78. The summed E-state index contributed by atoms with van der Waals surface area (Å²) in [5.74, 6) is -0.793. The molecule has 4 heteroatoms. The molecular formula is C11H21NO3. The Hall–Kier alpha value is -0.610. The Morgan fingerprint density at radius 1 is 1.53 bits per heavy atom. The summed E-state index contributed by atoms with van der Waals surface area (Å²) in [5.41, 5.74) is 5.00. The lowest BCUT2D eigenvalue weighted by atomic mass is 9.76. The number of hydrogen-bond acceptors (Lipinski definition) is 3. The molecule has 1 saturated heterocycles. The highest BCUT2D eigenvalue weighted by Crippen LogP contribution is 2.30. The summed E-state index contributed by atoms with van der Waals surface area (Å²) >= 11 is 0. The van der Waals surface area contributed by atoms with E-state index in [1.54, 1.807) is 0 Å². The lowest BCUT2D eigenvalue weighted by Gasteiger charge is -2.36. The predicted octanol–water partition coefficient (Wildman–Crippen LogP) is 1.39. The van der Waals surface area contributed by atoms with Crippen molar-refractivity contribution in [1.29, 1.82) is 0 Å². The molecule has 0 saturated carbocycles. The fourth-order valence-corrected chi connectivity index (χ4v) is 2.17. The van der Waals surface area contributed by atoms with E-state index in [1.807, 2.05) is 6.92 Å². The van der Waals surface area contributed by atoms with Gasteiger partial charge in [0.15, 0.2) is 0 Å². The van der Waals surface area contributed by atoms with Crippen LogP contribution < -0.4 is 5.73 Å². The van der Waals surface area contributed by atoms with E-state index in [0.717, 1.165) is 25.7 Å². The molecule has 1 rings (SSSR count). The Morgan fingerprint density at radius 2 is 2.13 bits per heavy atom. The molecule has 3 N–H and O–H groups in total. The summed E-state index contributed by atoms with van der Waals surface area (Å²) in [6.07, 6.45) is 3.97. The molecule has 1 fully saturated rings. The first-order chi connectivity index (χ1) is 7.11. The molecule has 0 unspecified atom stereocenters. The van der Waals surface area contributed by atoms with Gasteiger partial charge in [-0.15, -0.1) is 0 Å². The van der Waals surface area contributed by atoms with Gasteiger partial charge in [-0.3, -0.25) is 4.79 Å². The average molecular weight is 215 g/mol. The second kappa shape index (κ2) is 5.47. The summed E-state index contributed by atoms with van der Waals surface area (Å²) in [4.78, 5) is 11.3. The molecule has 0 aromatic carbocycles. The van der Waals surface area contributed by atoms with Gasteiger partial charge in [0.25, 0.3) is 0 Å². The van der Waals surface area contributed by atoms with E-state index in [2.05, 4.69) is 0 Å². The van der Waals surface area contributed by atoms with Gasteiger partial charge in [-0.2, -0.15) is 0 Å². The number of aliphatic carboxylic acids is 1. The topological polar surface area (TPSA) is 72.6 Å². The number of carboxylic acid groups (broad SMARTS) is 1. The minimum atomic E-state index is -1.04. The van der Waals surface area contributed by atoms with Crippen molar-refractivity contribution >= 4 is 5.97 Å². The van der Waals surface area contributed by atoms with Gasteiger partial charge in [0.05, 0.1) is 0 Å². The van der Waals surface area contributed by atoms with Gasteiger partial charge in [-0.25, -0.2) is 0 Å². The van der Waals surface area contributed by atoms with E-state index in [1.165, 1.54) is 0 Å². The first-order valence-electron chi connectivity index (χ1n) is 5.71. The lowest BCUT2D eigenvalue weighted by molar-refractivity contribution is -0.147. The van der Waals surface area contributed by atoms with Crippen LogP contribution in [0.2, 0.25) is 0 Å². The second-order valence-corrected chi connectivity index (χ2v) is 4.34. The van der Waals surface area contributed by atoms with E-state index < -0.39 is 11.5 Å². The zero-order chi connectivity index (χ0) is 11.3. The van der Waals surface area contributed by atoms with Crippen LogP contribution >= 0.6 is 0 Å². The second-order valence-electron chi connectivity index (χ2n) is 4.34. The zero-order valence-electron chi connectivity index (χ0n) is 9.37. The normalized spacial score (nSPS) is 22.3. The molecule has 0 bridgehead atoms. The number of carbonyl (C=O) groups is 1. The van der Waals surface area contributed by atoms with E-state index in [0.29, 0.717) is 19.6 Å². The minimum absolute atomic E-state index is 0.0651. The molecule has 1 aliphatic rings. The third-order valence-corrected chi connectivity index (χ3v) is 3.29. The quantitative estimate of drug-likeness (QED) is 0.726. The van der Waals surface area contributed by atoms with E-state index in [-0.39, 0.29) is 5.92 Å². The smallest absolute Gasteiger partial charge is 0.323 e. The Morgan fingerprint density at radius 3 is 2.60 bits per heavy atom. The van der Waals surface area contributed by atoms with Crippen LogP contribution in [0, 0.1) is 5.92 Å². The molecule has 0 aliphatic carbocycles.